The Morgan fingerprint density at radius 1 is 1.35 bits per heavy atom. The molecule has 1 N–H and O–H groups in total. The average Bonchev–Trinajstić information content (AvgIpc) is 2.26. The highest BCUT2D eigenvalue weighted by atomic mass is 79.9. The number of carbonyl (C=O) groups excluding carboxylic acids is 1. The number of hydrogen-bond donors (Lipinski definition) is 1. The second kappa shape index (κ2) is 6.27. The molecule has 1 amide bonds. The monoisotopic (exact) mass is 348 g/mol. The molecule has 1 rings (SSSR count). The van der Waals surface area contributed by atoms with E-state index < -0.39 is 23.6 Å². The van der Waals surface area contributed by atoms with Gasteiger partial charge in [0.25, 0.3) is 0 Å². The van der Waals surface area contributed by atoms with Gasteiger partial charge < -0.3 is 5.32 Å². The first-order valence-corrected chi connectivity index (χ1v) is 6.52. The van der Waals surface area contributed by atoms with Crippen LogP contribution in [0.5, 0.6) is 0 Å². The Hall–Kier alpha value is -1.55. The van der Waals surface area contributed by atoms with Crippen LogP contribution in [-0.4, -0.2) is 5.91 Å². The summed E-state index contributed by atoms with van der Waals surface area (Å²) in [4.78, 5) is 11.8. The maximum Gasteiger partial charge on any atom is 0.416 e. The summed E-state index contributed by atoms with van der Waals surface area (Å²) in [5.41, 5.74) is -0.877. The molecule has 0 aromatic heterocycles. The minimum absolute atomic E-state index is 0.00222. The lowest BCUT2D eigenvalue weighted by Gasteiger charge is -2.15. The normalized spacial score (nSPS) is 12.9. The van der Waals surface area contributed by atoms with Gasteiger partial charge in [-0.25, -0.2) is 0 Å². The lowest BCUT2D eigenvalue weighted by molar-refractivity contribution is -0.137. The summed E-state index contributed by atoms with van der Waals surface area (Å²) in [5, 5.41) is 11.2. The van der Waals surface area contributed by atoms with E-state index in [9.17, 15) is 18.0 Å². The van der Waals surface area contributed by atoms with Crippen molar-refractivity contribution in [3.63, 3.8) is 0 Å². The molecule has 0 spiro atoms. The van der Waals surface area contributed by atoms with E-state index in [0.717, 1.165) is 12.1 Å². The van der Waals surface area contributed by atoms with Crippen molar-refractivity contribution in [3.8, 4) is 6.07 Å². The van der Waals surface area contributed by atoms with Crippen LogP contribution in [0.3, 0.4) is 0 Å². The summed E-state index contributed by atoms with van der Waals surface area (Å²) in [6.07, 6.45) is -4.50. The molecule has 0 heterocycles. The van der Waals surface area contributed by atoms with Crippen molar-refractivity contribution in [1.82, 2.24) is 0 Å². The van der Waals surface area contributed by atoms with Crippen LogP contribution >= 0.6 is 15.9 Å². The molecule has 3 nitrogen and oxygen atoms in total. The number of anilines is 1. The molecule has 7 heteroatoms. The first kappa shape index (κ1) is 16.5. The second-order valence-electron chi connectivity index (χ2n) is 4.57. The van der Waals surface area contributed by atoms with Gasteiger partial charge in [0.1, 0.15) is 5.92 Å². The zero-order chi connectivity index (χ0) is 15.5. The summed E-state index contributed by atoms with van der Waals surface area (Å²) >= 11 is 2.96. The largest absolute Gasteiger partial charge is 0.416 e. The van der Waals surface area contributed by atoms with E-state index in [1.165, 1.54) is 6.07 Å². The predicted molar refractivity (Wildman–Crippen MR) is 71.7 cm³/mol. The van der Waals surface area contributed by atoms with Crippen molar-refractivity contribution < 1.29 is 18.0 Å². The van der Waals surface area contributed by atoms with Gasteiger partial charge in [0.05, 0.1) is 11.6 Å². The SMILES string of the molecule is CC(C)C(C#N)C(=O)Nc1cc(Br)cc(C(F)(F)F)c1. The summed E-state index contributed by atoms with van der Waals surface area (Å²) in [6.45, 7) is 3.38. The Morgan fingerprint density at radius 3 is 2.40 bits per heavy atom. The van der Waals surface area contributed by atoms with Crippen LogP contribution < -0.4 is 5.32 Å². The Bertz CT molecular complexity index is 550. The van der Waals surface area contributed by atoms with Crippen LogP contribution in [0.2, 0.25) is 0 Å². The second-order valence-corrected chi connectivity index (χ2v) is 5.48. The number of carbonyl (C=O) groups is 1. The average molecular weight is 349 g/mol. The third-order valence-corrected chi connectivity index (χ3v) is 3.04. The van der Waals surface area contributed by atoms with Crippen molar-refractivity contribution in [3.05, 3.63) is 28.2 Å². The van der Waals surface area contributed by atoms with Crippen molar-refractivity contribution in [2.24, 2.45) is 11.8 Å². The molecule has 0 fully saturated rings. The van der Waals surface area contributed by atoms with E-state index in [0.29, 0.717) is 0 Å². The van der Waals surface area contributed by atoms with Crippen molar-refractivity contribution in [2.75, 3.05) is 5.32 Å². The van der Waals surface area contributed by atoms with Gasteiger partial charge in [-0.15, -0.1) is 0 Å². The Morgan fingerprint density at radius 2 is 1.95 bits per heavy atom. The van der Waals surface area contributed by atoms with E-state index in [2.05, 4.69) is 21.2 Å². The minimum Gasteiger partial charge on any atom is -0.325 e. The van der Waals surface area contributed by atoms with Gasteiger partial charge in [-0.05, 0) is 24.1 Å². The number of nitriles is 1. The molecule has 1 aromatic rings. The third-order valence-electron chi connectivity index (χ3n) is 2.58. The summed E-state index contributed by atoms with van der Waals surface area (Å²) in [6, 6.07) is 4.93. The highest BCUT2D eigenvalue weighted by molar-refractivity contribution is 9.10. The molecule has 1 unspecified atom stereocenters. The van der Waals surface area contributed by atoms with Gasteiger partial charge in [0, 0.05) is 10.2 Å². The van der Waals surface area contributed by atoms with Crippen molar-refractivity contribution >= 4 is 27.5 Å². The highest BCUT2D eigenvalue weighted by Crippen LogP contribution is 2.33. The lowest BCUT2D eigenvalue weighted by atomic mass is 9.96. The fraction of sp³-hybridized carbons (Fsp3) is 0.385. The lowest BCUT2D eigenvalue weighted by Crippen LogP contribution is -2.25. The maximum atomic E-state index is 12.7. The van der Waals surface area contributed by atoms with E-state index >= 15 is 0 Å². The van der Waals surface area contributed by atoms with Crippen molar-refractivity contribution in [1.29, 1.82) is 5.26 Å². The number of halogens is 4. The number of nitrogens with zero attached hydrogens (tertiary/aromatic N) is 1. The first-order chi connectivity index (χ1) is 9.15. The maximum absolute atomic E-state index is 12.7. The van der Waals surface area contributed by atoms with Gasteiger partial charge in [-0.3, -0.25) is 4.79 Å². The van der Waals surface area contributed by atoms with Gasteiger partial charge in [0.2, 0.25) is 5.91 Å². The third kappa shape index (κ3) is 4.23. The Labute approximate surface area is 122 Å². The van der Waals surface area contributed by atoms with Crippen LogP contribution in [-0.2, 0) is 11.0 Å². The zero-order valence-corrected chi connectivity index (χ0v) is 12.3. The van der Waals surface area contributed by atoms with Gasteiger partial charge in [0.15, 0.2) is 0 Å². The Kier molecular flexibility index (Phi) is 5.17. The molecule has 1 aromatic carbocycles. The van der Waals surface area contributed by atoms with Crippen molar-refractivity contribution in [2.45, 2.75) is 20.0 Å². The number of hydrogen-bond acceptors (Lipinski definition) is 2. The molecule has 0 aliphatic heterocycles. The van der Waals surface area contributed by atoms with Crippen LogP contribution in [0.4, 0.5) is 18.9 Å². The van der Waals surface area contributed by atoms with E-state index in [1.807, 2.05) is 6.07 Å². The minimum atomic E-state index is -4.50. The molecular weight excluding hydrogens is 337 g/mol. The van der Waals surface area contributed by atoms with E-state index in [4.69, 9.17) is 5.26 Å². The van der Waals surface area contributed by atoms with Crippen LogP contribution in [0.1, 0.15) is 19.4 Å². The topological polar surface area (TPSA) is 52.9 Å². The molecule has 0 radical (unpaired) electrons. The zero-order valence-electron chi connectivity index (χ0n) is 10.8. The van der Waals surface area contributed by atoms with Crippen LogP contribution in [0.25, 0.3) is 0 Å². The molecule has 0 saturated heterocycles. The van der Waals surface area contributed by atoms with E-state index in [1.54, 1.807) is 13.8 Å². The summed E-state index contributed by atoms with van der Waals surface area (Å²) in [7, 11) is 0. The number of alkyl halides is 3. The predicted octanol–water partition coefficient (Wildman–Crippen LogP) is 4.20. The Balaban J connectivity index is 3.02. The van der Waals surface area contributed by atoms with E-state index in [-0.39, 0.29) is 16.1 Å². The standard InChI is InChI=1S/C13H12BrF3N2O/c1-7(2)11(6-18)12(20)19-10-4-8(13(15,16)17)3-9(14)5-10/h3-5,7,11H,1-2H3,(H,19,20). The molecule has 1 atom stereocenters. The van der Waals surface area contributed by atoms with Gasteiger partial charge in [-0.2, -0.15) is 18.4 Å². The molecule has 0 bridgehead atoms. The fourth-order valence-corrected chi connectivity index (χ4v) is 2.05. The number of benzene rings is 1. The molecule has 0 aliphatic carbocycles. The molecule has 0 saturated carbocycles. The fourth-order valence-electron chi connectivity index (χ4n) is 1.56. The summed E-state index contributed by atoms with van der Waals surface area (Å²) < 4.78 is 38.2. The number of amides is 1. The quantitative estimate of drug-likeness (QED) is 0.889. The van der Waals surface area contributed by atoms with Gasteiger partial charge >= 0.3 is 6.18 Å². The first-order valence-electron chi connectivity index (χ1n) is 5.73. The smallest absolute Gasteiger partial charge is 0.325 e. The van der Waals surface area contributed by atoms with Crippen LogP contribution in [0.15, 0.2) is 22.7 Å². The van der Waals surface area contributed by atoms with Gasteiger partial charge in [-0.1, -0.05) is 29.8 Å². The molecule has 0 aliphatic rings. The number of rotatable bonds is 3. The number of nitrogens with one attached hydrogen (secondary N) is 1. The highest BCUT2D eigenvalue weighted by Gasteiger charge is 2.31. The van der Waals surface area contributed by atoms with Crippen LogP contribution in [0, 0.1) is 23.2 Å². The summed E-state index contributed by atoms with van der Waals surface area (Å²) in [5.74, 6) is -1.76. The molecule has 108 valence electrons. The molecule has 20 heavy (non-hydrogen) atoms. The molecular formula is C13H12BrF3N2O.